The van der Waals surface area contributed by atoms with Gasteiger partial charge < -0.3 is 38.6 Å². The van der Waals surface area contributed by atoms with Gasteiger partial charge in [-0.15, -0.1) is 0 Å². The van der Waals surface area contributed by atoms with Crippen LogP contribution in [0.3, 0.4) is 0 Å². The summed E-state index contributed by atoms with van der Waals surface area (Å²) >= 11 is 15.2. The van der Waals surface area contributed by atoms with Crippen molar-refractivity contribution in [3.8, 4) is 11.3 Å². The van der Waals surface area contributed by atoms with Crippen molar-refractivity contribution in [2.45, 2.75) is 92.8 Å². The van der Waals surface area contributed by atoms with Gasteiger partial charge in [-0.05, 0) is 114 Å². The lowest BCUT2D eigenvalue weighted by Gasteiger charge is -2.45. The van der Waals surface area contributed by atoms with E-state index in [2.05, 4.69) is 74.2 Å². The molecule has 2 aromatic carbocycles. The molecule has 2 N–H and O–H groups in total. The first-order valence-electron chi connectivity index (χ1n) is 26.2. The summed E-state index contributed by atoms with van der Waals surface area (Å²) < 4.78 is 25.3. The van der Waals surface area contributed by atoms with Crippen molar-refractivity contribution in [1.82, 2.24) is 49.5 Å². The Morgan fingerprint density at radius 3 is 1.46 bits per heavy atom. The predicted octanol–water partition coefficient (Wildman–Crippen LogP) is 8.09. The molecule has 0 aliphatic carbocycles. The number of aromatic nitrogens is 6. The first kappa shape index (κ1) is 59.1. The molecular formula is C58H60BBrCl2N10O10. The second kappa shape index (κ2) is 23.8. The number of carbonyl (C=O) groups excluding carboxylic acids is 4. The fraction of sp³-hybridized carbons (Fsp3) is 0.345. The smallest absolute Gasteiger partial charge is 0.452 e. The van der Waals surface area contributed by atoms with Crippen molar-refractivity contribution in [2.24, 2.45) is 10.8 Å². The summed E-state index contributed by atoms with van der Waals surface area (Å²) in [6.45, 7) is 18.9. The molecule has 0 atom stereocenters. The number of pyridine rings is 4. The zero-order valence-corrected chi connectivity index (χ0v) is 49.5. The van der Waals surface area contributed by atoms with E-state index in [4.69, 9.17) is 41.3 Å². The van der Waals surface area contributed by atoms with E-state index in [9.17, 15) is 28.8 Å². The molecule has 4 amide bonds. The molecule has 0 saturated carbocycles. The van der Waals surface area contributed by atoms with Crippen molar-refractivity contribution in [3.05, 3.63) is 168 Å². The van der Waals surface area contributed by atoms with E-state index < -0.39 is 30.1 Å². The van der Waals surface area contributed by atoms with Crippen molar-refractivity contribution in [3.63, 3.8) is 0 Å². The largest absolute Gasteiger partial charge is 0.534 e. The first-order valence-corrected chi connectivity index (χ1v) is 27.8. The highest BCUT2D eigenvalue weighted by Crippen LogP contribution is 2.36. The maximum absolute atomic E-state index is 13.4. The third kappa shape index (κ3) is 13.5. The molecule has 9 heterocycles. The predicted molar refractivity (Wildman–Crippen MR) is 313 cm³/mol. The van der Waals surface area contributed by atoms with Crippen LogP contribution in [0.4, 0.5) is 0 Å². The number of likely N-dealkylation sites (tertiary alicyclic amines) is 2. The van der Waals surface area contributed by atoms with Gasteiger partial charge >= 0.3 is 7.12 Å². The minimum atomic E-state index is -0.579. The summed E-state index contributed by atoms with van der Waals surface area (Å²) in [5.41, 5.74) is 1.83. The summed E-state index contributed by atoms with van der Waals surface area (Å²) in [6, 6.07) is 20.6. The summed E-state index contributed by atoms with van der Waals surface area (Å²) in [5, 5.41) is 7.86. The highest BCUT2D eigenvalue weighted by atomic mass is 79.9. The minimum Gasteiger partial charge on any atom is -0.452 e. The Kier molecular flexibility index (Phi) is 17.1. The van der Waals surface area contributed by atoms with Crippen molar-refractivity contribution < 1.29 is 37.3 Å². The Morgan fingerprint density at radius 2 is 1.04 bits per heavy atom. The van der Waals surface area contributed by atoms with Gasteiger partial charge in [0.25, 0.3) is 22.9 Å². The van der Waals surface area contributed by atoms with Crippen LogP contribution in [0.2, 0.25) is 10.0 Å². The highest BCUT2D eigenvalue weighted by molar-refractivity contribution is 9.10. The monoisotopic (exact) mass is 1220 g/mol. The number of fused-ring (bicyclic) bond motifs is 2. The molecule has 0 spiro atoms. The molecule has 3 aliphatic heterocycles. The van der Waals surface area contributed by atoms with Gasteiger partial charge in [-0.25, -0.2) is 19.9 Å². The lowest BCUT2D eigenvalue weighted by Crippen LogP contribution is -2.56. The van der Waals surface area contributed by atoms with Crippen LogP contribution in [-0.2, 0) is 45.1 Å². The number of nitrogens with one attached hydrogen (secondary N) is 2. The minimum absolute atomic E-state index is 0.0388. The number of oxazole rings is 2. The number of rotatable bonds is 12. The number of nitrogens with zero attached hydrogens (tertiary/aromatic N) is 8. The van der Waals surface area contributed by atoms with E-state index in [1.165, 1.54) is 34.1 Å². The molecule has 3 saturated heterocycles. The van der Waals surface area contributed by atoms with Gasteiger partial charge in [-0.3, -0.25) is 37.9 Å². The quantitative estimate of drug-likeness (QED) is 0.110. The Hall–Kier alpha value is -7.50. The standard InChI is InChI=1S/C26H24ClN5O4.C23H22BrClN4O3.C9H14BNO3/c1-26(2)13-31(14-26)22(33)12-32-23-17(7-18(10-29-23)21-11-28-15-36-21)8-20(25(32)35)24(34)30-9-16-3-5-19(27)6-4-16;1-23(2)12-28(13-23)19(30)11-29-20-15(7-16(24)10-26-20)8-18(22(29)32)21(31)27-9-14-3-5-17(25)6-4-14;1-8(2)9(3,4)14-10(13-8)7-5-11-6-12-7/h3-8,10-11,15H,9,12-14H2,1-2H3,(H,30,34);3-8,10H,9,11-13H2,1-2H3,(H,27,31);5-6H,1-4H3. The van der Waals surface area contributed by atoms with Gasteiger partial charge in [-0.1, -0.05) is 75.2 Å². The number of hydrogen-bond donors (Lipinski definition) is 2. The number of carbonyl (C=O) groups is 4. The summed E-state index contributed by atoms with van der Waals surface area (Å²) in [7, 11) is -0.442. The van der Waals surface area contributed by atoms with Crippen molar-refractivity contribution >= 4 is 97.6 Å². The molecule has 6 aromatic heterocycles. The molecule has 0 unspecified atom stereocenters. The zero-order valence-electron chi connectivity index (χ0n) is 46.4. The van der Waals surface area contributed by atoms with Gasteiger partial charge in [0.2, 0.25) is 11.8 Å². The first-order chi connectivity index (χ1) is 38.7. The van der Waals surface area contributed by atoms with E-state index in [0.29, 0.717) is 79.7 Å². The Bertz CT molecular complexity index is 3780. The molecule has 3 fully saturated rings. The average molecular weight is 1220 g/mol. The highest BCUT2D eigenvalue weighted by Gasteiger charge is 2.53. The molecular weight excluding hydrogens is 1160 g/mol. The number of benzene rings is 2. The topological polar surface area (TPSA) is 239 Å². The van der Waals surface area contributed by atoms with Crippen LogP contribution in [0.1, 0.15) is 87.2 Å². The maximum atomic E-state index is 13.4. The third-order valence-electron chi connectivity index (χ3n) is 14.5. The van der Waals surface area contributed by atoms with Gasteiger partial charge in [0, 0.05) is 82.5 Å². The summed E-state index contributed by atoms with van der Waals surface area (Å²) in [5.74, 6) is -0.935. The lowest BCUT2D eigenvalue weighted by atomic mass is 9.84. The van der Waals surface area contributed by atoms with Crippen LogP contribution in [-0.4, -0.2) is 107 Å². The van der Waals surface area contributed by atoms with Crippen LogP contribution >= 0.6 is 39.1 Å². The van der Waals surface area contributed by atoms with Crippen LogP contribution in [0.15, 0.2) is 133 Å². The zero-order chi connectivity index (χ0) is 58.9. The van der Waals surface area contributed by atoms with E-state index >= 15 is 0 Å². The molecule has 426 valence electrons. The number of halogens is 3. The summed E-state index contributed by atoms with van der Waals surface area (Å²) in [6.07, 6.45) is 8.96. The Labute approximate surface area is 490 Å². The van der Waals surface area contributed by atoms with E-state index in [0.717, 1.165) is 11.1 Å². The maximum Gasteiger partial charge on any atom is 0.534 e. The normalized spacial score (nSPS) is 16.3. The fourth-order valence-corrected chi connectivity index (χ4v) is 10.1. The average Bonchev–Trinajstić information content (AvgIpc) is 3.36. The van der Waals surface area contributed by atoms with Crippen molar-refractivity contribution in [2.75, 3.05) is 26.2 Å². The van der Waals surface area contributed by atoms with Gasteiger partial charge in [-0.2, -0.15) is 0 Å². The van der Waals surface area contributed by atoms with Gasteiger partial charge in [0.15, 0.2) is 24.2 Å². The van der Waals surface area contributed by atoms with Crippen molar-refractivity contribution in [1.29, 1.82) is 0 Å². The molecule has 0 bridgehead atoms. The Morgan fingerprint density at radius 1 is 0.598 bits per heavy atom. The SMILES string of the molecule is CC1(C)CN(C(=O)Cn2c(=O)c(C(=O)NCc3ccc(Cl)cc3)cc3cc(-c4cnco4)cnc32)C1.CC1(C)CN(C(=O)Cn2c(=O)c(C(=O)NCc3ccc(Cl)cc3)cc3cc(Br)cnc32)C1.CC1(C)OB(c2cnco2)OC1(C)C. The van der Waals surface area contributed by atoms with E-state index in [-0.39, 0.29) is 71.2 Å². The molecule has 24 heteroatoms. The van der Waals surface area contributed by atoms with Crippen LogP contribution in [0.25, 0.3) is 33.4 Å². The molecule has 3 aliphatic rings. The van der Waals surface area contributed by atoms with Gasteiger partial charge in [0.05, 0.1) is 23.6 Å². The van der Waals surface area contributed by atoms with Gasteiger partial charge in [0.1, 0.15) is 35.5 Å². The van der Waals surface area contributed by atoms with Crippen LogP contribution < -0.4 is 27.4 Å². The van der Waals surface area contributed by atoms with Crippen LogP contribution in [0, 0.1) is 10.8 Å². The summed E-state index contributed by atoms with van der Waals surface area (Å²) in [4.78, 5) is 98.3. The number of hydrogen-bond acceptors (Lipinski definition) is 14. The fourth-order valence-electron chi connectivity index (χ4n) is 9.47. The Balaban J connectivity index is 0.000000161. The third-order valence-corrected chi connectivity index (χ3v) is 15.4. The molecule has 11 rings (SSSR count). The van der Waals surface area contributed by atoms with Crippen LogP contribution in [0.5, 0.6) is 0 Å². The second-order valence-electron chi connectivity index (χ2n) is 22.9. The molecule has 20 nitrogen and oxygen atoms in total. The molecule has 8 aromatic rings. The second-order valence-corrected chi connectivity index (χ2v) is 24.7. The molecule has 0 radical (unpaired) electrons. The molecule has 82 heavy (non-hydrogen) atoms. The van der Waals surface area contributed by atoms with E-state index in [1.807, 2.05) is 27.7 Å². The number of amides is 4. The lowest BCUT2D eigenvalue weighted by molar-refractivity contribution is -0.142. The van der Waals surface area contributed by atoms with E-state index in [1.54, 1.807) is 95.3 Å².